The van der Waals surface area contributed by atoms with Crippen molar-refractivity contribution in [3.8, 4) is 0 Å². The Morgan fingerprint density at radius 2 is 1.64 bits per heavy atom. The normalized spacial score (nSPS) is 13.1. The lowest BCUT2D eigenvalue weighted by atomic mass is 10.1. The lowest BCUT2D eigenvalue weighted by Gasteiger charge is -2.27. The summed E-state index contributed by atoms with van der Waals surface area (Å²) in [6, 6.07) is 5.01. The molecule has 0 aromatic heterocycles. The fourth-order valence-electron chi connectivity index (χ4n) is 2.65. The van der Waals surface area contributed by atoms with Crippen molar-refractivity contribution in [3.05, 3.63) is 35.4 Å². The quantitative estimate of drug-likeness (QED) is 0.135. The van der Waals surface area contributed by atoms with E-state index in [1.54, 1.807) is 0 Å². The minimum Gasteiger partial charge on any atom is -0.481 e. The van der Waals surface area contributed by atoms with Crippen LogP contribution in [0.5, 0.6) is 0 Å². The molecule has 12 nitrogen and oxygen atoms in total. The van der Waals surface area contributed by atoms with Crippen molar-refractivity contribution >= 4 is 23.9 Å². The van der Waals surface area contributed by atoms with E-state index in [9.17, 15) is 34.5 Å². The second kappa shape index (κ2) is 13.5. The van der Waals surface area contributed by atoms with Crippen molar-refractivity contribution in [2.24, 2.45) is 0 Å². The highest BCUT2D eigenvalue weighted by atomic mass is 16.8. The number of ether oxygens (including phenoxy) is 3. The number of aliphatic carboxylic acids is 1. The summed E-state index contributed by atoms with van der Waals surface area (Å²) in [6.07, 6.45) is -2.33. The summed E-state index contributed by atoms with van der Waals surface area (Å²) in [5.41, 5.74) is -0.229. The summed E-state index contributed by atoms with van der Waals surface area (Å²) in [4.78, 5) is 45.3. The Morgan fingerprint density at radius 3 is 2.24 bits per heavy atom. The highest BCUT2D eigenvalue weighted by Crippen LogP contribution is 2.16. The maximum Gasteiger partial charge on any atom is 0.338 e. The van der Waals surface area contributed by atoms with Gasteiger partial charge in [-0.2, -0.15) is 0 Å². The number of hydrogen-bond acceptors (Lipinski definition) is 10. The molecule has 12 heteroatoms. The molecular weight excluding hydrogens is 444 g/mol. The number of aliphatic hydroxyl groups excluding tert-OH is 1. The van der Waals surface area contributed by atoms with Gasteiger partial charge in [0, 0.05) is 12.8 Å². The number of carbonyl (C=O) groups excluding carboxylic acids is 2. The Morgan fingerprint density at radius 1 is 1.00 bits per heavy atom. The summed E-state index contributed by atoms with van der Waals surface area (Å²) in [6.45, 7) is 0.0454. The van der Waals surface area contributed by atoms with E-state index in [4.69, 9.17) is 24.4 Å². The molecule has 0 radical (unpaired) electrons. The third kappa shape index (κ3) is 11.4. The molecule has 1 aromatic rings. The number of carboxylic acids is 2. The van der Waals surface area contributed by atoms with Crippen LogP contribution in [0.25, 0.3) is 0 Å². The fourth-order valence-corrected chi connectivity index (χ4v) is 2.65. The second-order valence-electron chi connectivity index (χ2n) is 7.26. The summed E-state index contributed by atoms with van der Waals surface area (Å²) in [7, 11) is 0. The van der Waals surface area contributed by atoms with E-state index in [0.29, 0.717) is 12.8 Å². The molecule has 1 aromatic carbocycles. The number of rotatable bonds is 15. The molecule has 1 rings (SSSR count). The number of carboxylic acid groups (broad SMARTS) is 2. The van der Waals surface area contributed by atoms with E-state index >= 15 is 0 Å². The van der Waals surface area contributed by atoms with Crippen molar-refractivity contribution in [2.75, 3.05) is 13.2 Å². The van der Waals surface area contributed by atoms with Crippen LogP contribution in [0, 0.1) is 0 Å². The van der Waals surface area contributed by atoms with Crippen molar-refractivity contribution in [3.63, 3.8) is 0 Å². The van der Waals surface area contributed by atoms with Crippen LogP contribution in [0.15, 0.2) is 24.3 Å². The van der Waals surface area contributed by atoms with E-state index in [0.717, 1.165) is 6.07 Å². The van der Waals surface area contributed by atoms with Crippen LogP contribution in [-0.4, -0.2) is 80.8 Å². The number of carbonyl (C=O) groups is 4. The average molecular weight is 472 g/mol. The lowest BCUT2D eigenvalue weighted by molar-refractivity contribution is -0.352. The van der Waals surface area contributed by atoms with Crippen LogP contribution in [0.2, 0.25) is 0 Å². The first-order valence-corrected chi connectivity index (χ1v) is 10.1. The number of benzene rings is 1. The number of hydrogen-bond donors (Lipinski definition) is 5. The number of aromatic carboxylic acids is 1. The van der Waals surface area contributed by atoms with E-state index in [-0.39, 0.29) is 24.0 Å². The maximum absolute atomic E-state index is 12.2. The molecule has 184 valence electrons. The first-order chi connectivity index (χ1) is 15.4. The molecule has 0 heterocycles. The zero-order valence-electron chi connectivity index (χ0n) is 18.0. The van der Waals surface area contributed by atoms with E-state index < -0.39 is 61.7 Å². The third-order valence-electron chi connectivity index (χ3n) is 4.23. The van der Waals surface area contributed by atoms with Gasteiger partial charge in [-0.05, 0) is 38.0 Å². The Labute approximate surface area is 189 Å². The first-order valence-electron chi connectivity index (χ1n) is 10.1. The van der Waals surface area contributed by atoms with Gasteiger partial charge >= 0.3 is 23.9 Å². The summed E-state index contributed by atoms with van der Waals surface area (Å²) in [5, 5.41) is 46.8. The molecule has 0 saturated heterocycles. The largest absolute Gasteiger partial charge is 0.481 e. The van der Waals surface area contributed by atoms with Crippen molar-refractivity contribution in [1.82, 2.24) is 0 Å². The van der Waals surface area contributed by atoms with Gasteiger partial charge in [-0.25, -0.2) is 9.59 Å². The Balaban J connectivity index is 2.49. The van der Waals surface area contributed by atoms with Gasteiger partial charge in [0.1, 0.15) is 12.2 Å². The van der Waals surface area contributed by atoms with Gasteiger partial charge in [0.25, 0.3) is 5.97 Å². The molecule has 0 fully saturated rings. The molecule has 0 aliphatic heterocycles. The van der Waals surface area contributed by atoms with E-state index in [2.05, 4.69) is 0 Å². The van der Waals surface area contributed by atoms with Crippen LogP contribution >= 0.6 is 0 Å². The molecule has 33 heavy (non-hydrogen) atoms. The molecule has 5 N–H and O–H groups in total. The highest BCUT2D eigenvalue weighted by molar-refractivity contribution is 5.94. The van der Waals surface area contributed by atoms with Crippen molar-refractivity contribution in [2.45, 2.75) is 57.2 Å². The Hall–Kier alpha value is -3.06. The molecule has 0 aliphatic carbocycles. The topological polar surface area (TPSA) is 197 Å². The molecule has 0 bridgehead atoms. The van der Waals surface area contributed by atoms with Gasteiger partial charge in [0.15, 0.2) is 0 Å². The molecule has 2 atom stereocenters. The SMILES string of the molecule is CC(CC(O)(O)OCC(CO)OC(=O)c1cccc(C(=O)O)c1)OC(=O)CCCCC(=O)O. The van der Waals surface area contributed by atoms with E-state index in [1.165, 1.54) is 25.1 Å². The number of unbranched alkanes of at least 4 members (excludes halogenated alkanes) is 1. The van der Waals surface area contributed by atoms with Crippen LogP contribution in [-0.2, 0) is 23.8 Å². The first kappa shape index (κ1) is 28.0. The number of aliphatic hydroxyl groups is 3. The predicted octanol–water partition coefficient (Wildman–Crippen LogP) is 0.524. The Kier molecular flexibility index (Phi) is 11.4. The highest BCUT2D eigenvalue weighted by Gasteiger charge is 2.31. The lowest BCUT2D eigenvalue weighted by Crippen LogP contribution is -2.40. The maximum atomic E-state index is 12.2. The average Bonchev–Trinajstić information content (AvgIpc) is 2.73. The number of esters is 2. The van der Waals surface area contributed by atoms with Crippen molar-refractivity contribution < 1.29 is 58.9 Å². The van der Waals surface area contributed by atoms with Crippen LogP contribution in [0.3, 0.4) is 0 Å². The molecule has 0 aliphatic rings. The zero-order valence-corrected chi connectivity index (χ0v) is 18.0. The molecule has 0 saturated carbocycles. The van der Waals surface area contributed by atoms with Crippen molar-refractivity contribution in [1.29, 1.82) is 0 Å². The van der Waals surface area contributed by atoms with Gasteiger partial charge < -0.3 is 39.7 Å². The summed E-state index contributed by atoms with van der Waals surface area (Å²) in [5.74, 6) is -6.58. The molecular formula is C21H28O12. The second-order valence-corrected chi connectivity index (χ2v) is 7.26. The van der Waals surface area contributed by atoms with Crippen LogP contribution in [0.4, 0.5) is 0 Å². The van der Waals surface area contributed by atoms with E-state index in [1.807, 2.05) is 0 Å². The van der Waals surface area contributed by atoms with Gasteiger partial charge in [0.05, 0.1) is 30.8 Å². The van der Waals surface area contributed by atoms with Crippen LogP contribution < -0.4 is 0 Å². The third-order valence-corrected chi connectivity index (χ3v) is 4.23. The standard InChI is InChI=1S/C21H28O12/c1-13(32-18(25)8-3-2-7-17(23)24)10-21(29,30)31-12-16(11-22)33-20(28)15-6-4-5-14(9-15)19(26)27/h4-6,9,13,16,22,29-30H,2-3,7-8,10-12H2,1H3,(H,23,24)(H,26,27). The van der Waals surface area contributed by atoms with Gasteiger partial charge in [-0.1, -0.05) is 6.07 Å². The minimum absolute atomic E-state index is 0.0338. The smallest absolute Gasteiger partial charge is 0.338 e. The Bertz CT molecular complexity index is 819. The summed E-state index contributed by atoms with van der Waals surface area (Å²) >= 11 is 0. The predicted molar refractivity (Wildman–Crippen MR) is 109 cm³/mol. The van der Waals surface area contributed by atoms with Crippen LogP contribution in [0.1, 0.15) is 59.7 Å². The molecule has 0 amide bonds. The molecule has 0 spiro atoms. The van der Waals surface area contributed by atoms with Gasteiger partial charge in [-0.15, -0.1) is 0 Å². The minimum atomic E-state index is -2.77. The van der Waals surface area contributed by atoms with Gasteiger partial charge in [-0.3, -0.25) is 9.59 Å². The van der Waals surface area contributed by atoms with Gasteiger partial charge in [0.2, 0.25) is 0 Å². The monoisotopic (exact) mass is 472 g/mol. The fraction of sp³-hybridized carbons (Fsp3) is 0.524. The summed E-state index contributed by atoms with van der Waals surface area (Å²) < 4.78 is 14.9. The zero-order chi connectivity index (χ0) is 25.0. The molecule has 2 unspecified atom stereocenters.